The Morgan fingerprint density at radius 3 is 2.34 bits per heavy atom. The van der Waals surface area contributed by atoms with Crippen LogP contribution in [0.15, 0.2) is 41.3 Å². The Bertz CT molecular complexity index is 1070. The number of hydrogen-bond acceptors (Lipinski definition) is 6. The van der Waals surface area contributed by atoms with E-state index in [2.05, 4.69) is 5.32 Å². The van der Waals surface area contributed by atoms with Gasteiger partial charge in [0.15, 0.2) is 11.5 Å². The zero-order chi connectivity index (χ0) is 23.3. The fourth-order valence-electron chi connectivity index (χ4n) is 3.61. The van der Waals surface area contributed by atoms with Crippen LogP contribution in [0.25, 0.3) is 0 Å². The summed E-state index contributed by atoms with van der Waals surface area (Å²) in [4.78, 5) is 12.8. The zero-order valence-electron chi connectivity index (χ0n) is 18.3. The first kappa shape index (κ1) is 24.2. The third-order valence-electron chi connectivity index (χ3n) is 5.30. The van der Waals surface area contributed by atoms with E-state index in [1.54, 1.807) is 44.4 Å². The average Bonchev–Trinajstić information content (AvgIpc) is 2.80. The molecule has 2 aromatic carbocycles. The summed E-state index contributed by atoms with van der Waals surface area (Å²) < 4.78 is 43.7. The molecule has 0 atom stereocenters. The zero-order valence-corrected chi connectivity index (χ0v) is 19.8. The van der Waals surface area contributed by atoms with Crippen LogP contribution < -0.4 is 19.5 Å². The number of piperidine rings is 1. The summed E-state index contributed by atoms with van der Waals surface area (Å²) in [6.45, 7) is 2.57. The van der Waals surface area contributed by atoms with Crippen LogP contribution in [0.1, 0.15) is 19.8 Å². The number of carbonyl (C=O) groups is 1. The van der Waals surface area contributed by atoms with Crippen molar-refractivity contribution in [3.8, 4) is 17.2 Å². The van der Waals surface area contributed by atoms with Crippen molar-refractivity contribution in [2.24, 2.45) is 5.92 Å². The molecule has 2 aromatic rings. The van der Waals surface area contributed by atoms with E-state index in [0.29, 0.717) is 41.7 Å². The van der Waals surface area contributed by atoms with Crippen molar-refractivity contribution >= 4 is 33.2 Å². The van der Waals surface area contributed by atoms with Gasteiger partial charge in [-0.3, -0.25) is 4.79 Å². The van der Waals surface area contributed by atoms with Gasteiger partial charge in [0.05, 0.1) is 20.8 Å². The average molecular weight is 483 g/mol. The number of anilines is 1. The van der Waals surface area contributed by atoms with Crippen LogP contribution in [0, 0.1) is 5.92 Å². The number of benzene rings is 2. The van der Waals surface area contributed by atoms with Crippen LogP contribution in [0.3, 0.4) is 0 Å². The molecule has 0 saturated carbocycles. The van der Waals surface area contributed by atoms with Gasteiger partial charge >= 0.3 is 0 Å². The lowest BCUT2D eigenvalue weighted by Gasteiger charge is -2.31. The van der Waals surface area contributed by atoms with Gasteiger partial charge in [-0.05, 0) is 50.1 Å². The molecular weight excluding hydrogens is 456 g/mol. The Morgan fingerprint density at radius 2 is 1.72 bits per heavy atom. The number of rotatable bonds is 8. The predicted octanol–water partition coefficient (Wildman–Crippen LogP) is 3.80. The number of hydrogen-bond donors (Lipinski definition) is 1. The normalized spacial score (nSPS) is 15.2. The molecule has 3 rings (SSSR count). The summed E-state index contributed by atoms with van der Waals surface area (Å²) in [6.07, 6.45) is 0.811. The van der Waals surface area contributed by atoms with Crippen LogP contribution >= 0.6 is 11.6 Å². The van der Waals surface area contributed by atoms with Gasteiger partial charge in [-0.1, -0.05) is 11.6 Å². The number of carbonyl (C=O) groups excluding carboxylic acids is 1. The van der Waals surface area contributed by atoms with E-state index >= 15 is 0 Å². The second kappa shape index (κ2) is 10.4. The lowest BCUT2D eigenvalue weighted by molar-refractivity contribution is -0.120. The molecule has 1 saturated heterocycles. The molecule has 8 nitrogen and oxygen atoms in total. The molecule has 1 amide bonds. The second-order valence-corrected chi connectivity index (χ2v) is 9.60. The maximum Gasteiger partial charge on any atom is 0.246 e. The standard InChI is InChI=1S/C22H27ClN2O6S/c1-4-31-19-7-5-16(23)13-21(19)32(27,28)25-11-9-15(10-12-25)22(26)24-17-6-8-18(29-2)20(14-17)30-3/h5-8,13-15H,4,9-12H2,1-3H3,(H,24,26). The fourth-order valence-corrected chi connectivity index (χ4v) is 5.48. The molecule has 0 unspecified atom stereocenters. The molecule has 0 aromatic heterocycles. The first-order valence-corrected chi connectivity index (χ1v) is 12.1. The third kappa shape index (κ3) is 5.28. The summed E-state index contributed by atoms with van der Waals surface area (Å²) in [5, 5.41) is 3.19. The summed E-state index contributed by atoms with van der Waals surface area (Å²) in [5.74, 6) is 0.881. The van der Waals surface area contributed by atoms with Crippen LogP contribution in [0.2, 0.25) is 5.02 Å². The van der Waals surface area contributed by atoms with E-state index in [1.807, 2.05) is 0 Å². The van der Waals surface area contributed by atoms with E-state index < -0.39 is 10.0 Å². The highest BCUT2D eigenvalue weighted by Crippen LogP contribution is 2.33. The second-order valence-electron chi connectivity index (χ2n) is 7.26. The van der Waals surface area contributed by atoms with E-state index in [1.165, 1.54) is 17.5 Å². The third-order valence-corrected chi connectivity index (χ3v) is 7.45. The lowest BCUT2D eigenvalue weighted by Crippen LogP contribution is -2.41. The number of halogens is 1. The number of ether oxygens (including phenoxy) is 3. The highest BCUT2D eigenvalue weighted by Gasteiger charge is 2.34. The SMILES string of the molecule is CCOc1ccc(Cl)cc1S(=O)(=O)N1CCC(C(=O)Nc2ccc(OC)c(OC)c2)CC1. The molecule has 0 aliphatic carbocycles. The van der Waals surface area contributed by atoms with Gasteiger partial charge in [-0.2, -0.15) is 4.31 Å². The molecule has 1 heterocycles. The first-order valence-electron chi connectivity index (χ1n) is 10.3. The first-order chi connectivity index (χ1) is 15.3. The highest BCUT2D eigenvalue weighted by atomic mass is 35.5. The van der Waals surface area contributed by atoms with Gasteiger partial charge in [0.25, 0.3) is 0 Å². The van der Waals surface area contributed by atoms with Gasteiger partial charge in [0.2, 0.25) is 15.9 Å². The summed E-state index contributed by atoms with van der Waals surface area (Å²) >= 11 is 6.04. The smallest absolute Gasteiger partial charge is 0.246 e. The monoisotopic (exact) mass is 482 g/mol. The molecule has 32 heavy (non-hydrogen) atoms. The number of amides is 1. The quantitative estimate of drug-likeness (QED) is 0.615. The van der Waals surface area contributed by atoms with Gasteiger partial charge in [-0.15, -0.1) is 0 Å². The van der Waals surface area contributed by atoms with Crippen molar-refractivity contribution in [1.29, 1.82) is 0 Å². The van der Waals surface area contributed by atoms with Gasteiger partial charge in [0.1, 0.15) is 10.6 Å². The maximum absolute atomic E-state index is 13.2. The van der Waals surface area contributed by atoms with Crippen molar-refractivity contribution in [3.63, 3.8) is 0 Å². The molecule has 174 valence electrons. The summed E-state index contributed by atoms with van der Waals surface area (Å²) in [7, 11) is -0.736. The molecule has 10 heteroatoms. The number of methoxy groups -OCH3 is 2. The van der Waals surface area contributed by atoms with Crippen molar-refractivity contribution in [3.05, 3.63) is 41.4 Å². The molecule has 0 spiro atoms. The summed E-state index contributed by atoms with van der Waals surface area (Å²) in [5.41, 5.74) is 0.586. The molecule has 1 aliphatic heterocycles. The van der Waals surface area contributed by atoms with Crippen LogP contribution in [0.5, 0.6) is 17.2 Å². The van der Waals surface area contributed by atoms with E-state index in [0.717, 1.165) is 0 Å². The minimum atomic E-state index is -3.80. The minimum absolute atomic E-state index is 0.0417. The van der Waals surface area contributed by atoms with Crippen molar-refractivity contribution < 1.29 is 27.4 Å². The Kier molecular flexibility index (Phi) is 7.86. The van der Waals surface area contributed by atoms with E-state index in [9.17, 15) is 13.2 Å². The van der Waals surface area contributed by atoms with Crippen LogP contribution in [0.4, 0.5) is 5.69 Å². The van der Waals surface area contributed by atoms with Crippen molar-refractivity contribution in [2.45, 2.75) is 24.7 Å². The van der Waals surface area contributed by atoms with Gasteiger partial charge in [0, 0.05) is 35.8 Å². The number of nitrogens with one attached hydrogen (secondary N) is 1. The molecule has 0 radical (unpaired) electrons. The summed E-state index contributed by atoms with van der Waals surface area (Å²) in [6, 6.07) is 9.68. The number of nitrogens with zero attached hydrogens (tertiary/aromatic N) is 1. The Balaban J connectivity index is 1.67. The topological polar surface area (TPSA) is 94.2 Å². The van der Waals surface area contributed by atoms with Crippen LogP contribution in [-0.2, 0) is 14.8 Å². The van der Waals surface area contributed by atoms with E-state index in [4.69, 9.17) is 25.8 Å². The molecule has 1 fully saturated rings. The molecule has 0 bridgehead atoms. The molecule has 1 N–H and O–H groups in total. The van der Waals surface area contributed by atoms with Gasteiger partial charge < -0.3 is 19.5 Å². The highest BCUT2D eigenvalue weighted by molar-refractivity contribution is 7.89. The maximum atomic E-state index is 13.2. The number of sulfonamides is 1. The Hall–Kier alpha value is -2.49. The predicted molar refractivity (Wildman–Crippen MR) is 122 cm³/mol. The largest absolute Gasteiger partial charge is 0.493 e. The van der Waals surface area contributed by atoms with Crippen molar-refractivity contribution in [1.82, 2.24) is 4.31 Å². The molecular formula is C22H27ClN2O6S. The van der Waals surface area contributed by atoms with Gasteiger partial charge in [-0.25, -0.2) is 8.42 Å². The Morgan fingerprint density at radius 1 is 1.06 bits per heavy atom. The minimum Gasteiger partial charge on any atom is -0.493 e. The molecule has 1 aliphatic rings. The fraction of sp³-hybridized carbons (Fsp3) is 0.409. The Labute approximate surface area is 193 Å². The lowest BCUT2D eigenvalue weighted by atomic mass is 9.97. The van der Waals surface area contributed by atoms with E-state index in [-0.39, 0.29) is 35.6 Å². The van der Waals surface area contributed by atoms with Crippen molar-refractivity contribution in [2.75, 3.05) is 39.2 Å². The van der Waals surface area contributed by atoms with Crippen LogP contribution in [-0.4, -0.2) is 52.5 Å².